The number of aryl methyl sites for hydroxylation is 1. The van der Waals surface area contributed by atoms with Gasteiger partial charge in [-0.1, -0.05) is 35.9 Å². The summed E-state index contributed by atoms with van der Waals surface area (Å²) in [5.74, 6) is -0.307. The van der Waals surface area contributed by atoms with Crippen molar-refractivity contribution in [3.8, 4) is 0 Å². The van der Waals surface area contributed by atoms with Gasteiger partial charge in [-0.15, -0.1) is 0 Å². The van der Waals surface area contributed by atoms with Crippen LogP contribution in [0.1, 0.15) is 12.0 Å². The van der Waals surface area contributed by atoms with Gasteiger partial charge in [-0.3, -0.25) is 9.10 Å². The first-order chi connectivity index (χ1) is 14.9. The van der Waals surface area contributed by atoms with Gasteiger partial charge in [0.15, 0.2) is 0 Å². The van der Waals surface area contributed by atoms with Crippen LogP contribution in [0, 0.1) is 6.92 Å². The first-order valence-electron chi connectivity index (χ1n) is 10.7. The molecule has 1 amide bonds. The lowest BCUT2D eigenvalue weighted by Gasteiger charge is -2.32. The van der Waals surface area contributed by atoms with Crippen LogP contribution in [0.5, 0.6) is 0 Å². The fourth-order valence-corrected chi connectivity index (χ4v) is 4.96. The van der Waals surface area contributed by atoms with Crippen molar-refractivity contribution in [1.29, 1.82) is 0 Å². The summed E-state index contributed by atoms with van der Waals surface area (Å²) >= 11 is 0. The molecule has 0 atom stereocenters. The molecule has 7 nitrogen and oxygen atoms in total. The van der Waals surface area contributed by atoms with Crippen LogP contribution in [0.25, 0.3) is 0 Å². The maximum Gasteiger partial charge on any atom is 0.264 e. The highest BCUT2D eigenvalue weighted by atomic mass is 32.2. The highest BCUT2D eigenvalue weighted by Gasteiger charge is 2.27. The van der Waals surface area contributed by atoms with E-state index in [9.17, 15) is 13.2 Å². The standard InChI is InChI=1S/C23H32N4O3S/c1-20-9-11-22(12-10-20)31(29,30)27(21-7-4-3-5-8-21)19-23(28)24-13-6-14-26-17-15-25(2)16-18-26/h3-5,7-12H,6,13-19H2,1-2H3,(H,24,28). The summed E-state index contributed by atoms with van der Waals surface area (Å²) in [4.78, 5) is 17.5. The monoisotopic (exact) mass is 444 g/mol. The smallest absolute Gasteiger partial charge is 0.264 e. The minimum atomic E-state index is -3.86. The number of nitrogens with zero attached hydrogens (tertiary/aromatic N) is 3. The molecule has 31 heavy (non-hydrogen) atoms. The number of benzene rings is 2. The highest BCUT2D eigenvalue weighted by molar-refractivity contribution is 7.92. The van der Waals surface area contributed by atoms with E-state index >= 15 is 0 Å². The van der Waals surface area contributed by atoms with Crippen LogP contribution in [0.4, 0.5) is 5.69 Å². The molecule has 1 aliphatic rings. The molecule has 0 aromatic heterocycles. The lowest BCUT2D eigenvalue weighted by molar-refractivity contribution is -0.119. The first kappa shape index (κ1) is 23.2. The minimum Gasteiger partial charge on any atom is -0.354 e. The van der Waals surface area contributed by atoms with Gasteiger partial charge < -0.3 is 15.1 Å². The lowest BCUT2D eigenvalue weighted by atomic mass is 10.2. The average Bonchev–Trinajstić information content (AvgIpc) is 2.77. The molecule has 1 N–H and O–H groups in total. The largest absolute Gasteiger partial charge is 0.354 e. The zero-order chi connectivity index (χ0) is 22.3. The molecule has 1 fully saturated rings. The quantitative estimate of drug-likeness (QED) is 0.599. The Bertz CT molecular complexity index is 941. The van der Waals surface area contributed by atoms with Crippen molar-refractivity contribution < 1.29 is 13.2 Å². The average molecular weight is 445 g/mol. The van der Waals surface area contributed by atoms with E-state index in [1.165, 1.54) is 4.31 Å². The number of hydrogen-bond donors (Lipinski definition) is 1. The summed E-state index contributed by atoms with van der Waals surface area (Å²) in [5, 5.41) is 2.88. The molecule has 0 unspecified atom stereocenters. The summed E-state index contributed by atoms with van der Waals surface area (Å²) < 4.78 is 27.7. The van der Waals surface area contributed by atoms with Gasteiger partial charge in [-0.2, -0.15) is 0 Å². The van der Waals surface area contributed by atoms with E-state index in [1.54, 1.807) is 48.5 Å². The Balaban J connectivity index is 1.61. The van der Waals surface area contributed by atoms with E-state index in [0.29, 0.717) is 12.2 Å². The number of sulfonamides is 1. The third-order valence-electron chi connectivity index (χ3n) is 5.51. The molecule has 1 saturated heterocycles. The number of rotatable bonds is 9. The van der Waals surface area contributed by atoms with Crippen molar-refractivity contribution in [1.82, 2.24) is 15.1 Å². The molecule has 0 bridgehead atoms. The minimum absolute atomic E-state index is 0.171. The number of hydrogen-bond acceptors (Lipinski definition) is 5. The number of amides is 1. The fraction of sp³-hybridized carbons (Fsp3) is 0.435. The van der Waals surface area contributed by atoms with Crippen molar-refractivity contribution >= 4 is 21.6 Å². The zero-order valence-corrected chi connectivity index (χ0v) is 19.1. The Kier molecular flexibility index (Phi) is 8.06. The van der Waals surface area contributed by atoms with Crippen molar-refractivity contribution in [3.05, 3.63) is 60.2 Å². The molecule has 0 radical (unpaired) electrons. The lowest BCUT2D eigenvalue weighted by Crippen LogP contribution is -2.45. The van der Waals surface area contributed by atoms with Crippen LogP contribution in [-0.2, 0) is 14.8 Å². The van der Waals surface area contributed by atoms with Gasteiger partial charge in [0.05, 0.1) is 10.6 Å². The Morgan fingerprint density at radius 2 is 1.65 bits per heavy atom. The number of piperazine rings is 1. The Labute approximate surface area is 185 Å². The molecule has 3 rings (SSSR count). The van der Waals surface area contributed by atoms with Crippen LogP contribution >= 0.6 is 0 Å². The SMILES string of the molecule is Cc1ccc(S(=O)(=O)N(CC(=O)NCCCN2CCN(C)CC2)c2ccccc2)cc1. The van der Waals surface area contributed by atoms with E-state index in [2.05, 4.69) is 22.2 Å². The third kappa shape index (κ3) is 6.53. The van der Waals surface area contributed by atoms with Crippen LogP contribution in [0.2, 0.25) is 0 Å². The van der Waals surface area contributed by atoms with Crippen molar-refractivity contribution in [2.75, 3.05) is 57.2 Å². The number of carbonyl (C=O) groups excluding carboxylic acids is 1. The van der Waals surface area contributed by atoms with Crippen molar-refractivity contribution in [3.63, 3.8) is 0 Å². The molecule has 8 heteroatoms. The summed E-state index contributed by atoms with van der Waals surface area (Å²) in [6.45, 7) is 7.32. The molecule has 2 aromatic rings. The van der Waals surface area contributed by atoms with Gasteiger partial charge in [0.1, 0.15) is 6.54 Å². The Hall–Kier alpha value is -2.42. The molecule has 1 aliphatic heterocycles. The Morgan fingerprint density at radius 1 is 1.00 bits per heavy atom. The maximum atomic E-state index is 13.3. The number of likely N-dealkylation sites (N-methyl/N-ethyl adjacent to an activating group) is 1. The molecular weight excluding hydrogens is 412 g/mol. The van der Waals surface area contributed by atoms with Crippen molar-refractivity contribution in [2.24, 2.45) is 0 Å². The second-order valence-electron chi connectivity index (χ2n) is 8.01. The molecule has 0 saturated carbocycles. The molecule has 168 valence electrons. The van der Waals surface area contributed by atoms with E-state index in [4.69, 9.17) is 0 Å². The van der Waals surface area contributed by atoms with Gasteiger partial charge in [0, 0.05) is 32.7 Å². The van der Waals surface area contributed by atoms with Crippen LogP contribution in [0.3, 0.4) is 0 Å². The van der Waals surface area contributed by atoms with E-state index in [0.717, 1.165) is 44.7 Å². The number of para-hydroxylation sites is 1. The topological polar surface area (TPSA) is 73.0 Å². The van der Waals surface area contributed by atoms with E-state index in [1.807, 2.05) is 13.0 Å². The zero-order valence-electron chi connectivity index (χ0n) is 18.3. The van der Waals surface area contributed by atoms with Gasteiger partial charge >= 0.3 is 0 Å². The van der Waals surface area contributed by atoms with Crippen LogP contribution < -0.4 is 9.62 Å². The number of anilines is 1. The normalized spacial score (nSPS) is 15.5. The molecule has 1 heterocycles. The Morgan fingerprint density at radius 3 is 2.29 bits per heavy atom. The van der Waals surface area contributed by atoms with Gasteiger partial charge in [-0.05, 0) is 51.2 Å². The maximum absolute atomic E-state index is 13.3. The van der Waals surface area contributed by atoms with Crippen molar-refractivity contribution in [2.45, 2.75) is 18.2 Å². The summed E-state index contributed by atoms with van der Waals surface area (Å²) in [6, 6.07) is 15.4. The van der Waals surface area contributed by atoms with Gasteiger partial charge in [-0.25, -0.2) is 8.42 Å². The predicted octanol–water partition coefficient (Wildman–Crippen LogP) is 1.94. The second-order valence-corrected chi connectivity index (χ2v) is 9.87. The number of carbonyl (C=O) groups is 1. The van der Waals surface area contributed by atoms with Gasteiger partial charge in [0.25, 0.3) is 10.0 Å². The third-order valence-corrected chi connectivity index (χ3v) is 7.30. The molecule has 0 aliphatic carbocycles. The fourth-order valence-electron chi connectivity index (χ4n) is 3.54. The summed E-state index contributed by atoms with van der Waals surface area (Å²) in [6.07, 6.45) is 0.839. The van der Waals surface area contributed by atoms with Crippen LogP contribution in [0.15, 0.2) is 59.5 Å². The summed E-state index contributed by atoms with van der Waals surface area (Å²) in [7, 11) is -1.73. The molecule has 2 aromatic carbocycles. The van der Waals surface area contributed by atoms with Gasteiger partial charge in [0.2, 0.25) is 5.91 Å². The van der Waals surface area contributed by atoms with E-state index in [-0.39, 0.29) is 17.3 Å². The molecular formula is C23H32N4O3S. The van der Waals surface area contributed by atoms with Crippen LogP contribution in [-0.4, -0.2) is 77.0 Å². The second kappa shape index (κ2) is 10.7. The highest BCUT2D eigenvalue weighted by Crippen LogP contribution is 2.23. The first-order valence-corrected chi connectivity index (χ1v) is 12.1. The van der Waals surface area contributed by atoms with E-state index < -0.39 is 10.0 Å². The predicted molar refractivity (Wildman–Crippen MR) is 124 cm³/mol. The molecule has 0 spiro atoms. The number of nitrogens with one attached hydrogen (secondary N) is 1. The summed E-state index contributed by atoms with van der Waals surface area (Å²) in [5.41, 5.74) is 1.44.